The van der Waals surface area contributed by atoms with Crippen molar-refractivity contribution in [1.29, 1.82) is 0 Å². The van der Waals surface area contributed by atoms with Crippen molar-refractivity contribution in [3.8, 4) is 0 Å². The number of likely N-dealkylation sites (tertiary alicyclic amines) is 1. The SMILES string of the molecule is CCOC(C(=O)N1CCCC(N)C1)c1ccccc1. The molecule has 1 aliphatic rings. The molecule has 1 amide bonds. The number of amides is 1. The van der Waals surface area contributed by atoms with Crippen molar-refractivity contribution in [3.05, 3.63) is 35.9 Å². The van der Waals surface area contributed by atoms with Gasteiger partial charge in [0.15, 0.2) is 6.10 Å². The zero-order valence-corrected chi connectivity index (χ0v) is 11.4. The fourth-order valence-corrected chi connectivity index (χ4v) is 2.48. The molecule has 0 aliphatic carbocycles. The number of piperidine rings is 1. The van der Waals surface area contributed by atoms with E-state index in [4.69, 9.17) is 10.5 Å². The van der Waals surface area contributed by atoms with Crippen LogP contribution in [0.3, 0.4) is 0 Å². The van der Waals surface area contributed by atoms with Crippen LogP contribution < -0.4 is 5.73 Å². The summed E-state index contributed by atoms with van der Waals surface area (Å²) in [6.07, 6.45) is 1.46. The molecule has 19 heavy (non-hydrogen) atoms. The smallest absolute Gasteiger partial charge is 0.256 e. The predicted molar refractivity (Wildman–Crippen MR) is 74.6 cm³/mol. The zero-order chi connectivity index (χ0) is 13.7. The predicted octanol–water partition coefficient (Wildman–Crippen LogP) is 1.71. The molecule has 0 spiro atoms. The van der Waals surface area contributed by atoms with Gasteiger partial charge in [0.2, 0.25) is 0 Å². The lowest BCUT2D eigenvalue weighted by Gasteiger charge is -2.33. The quantitative estimate of drug-likeness (QED) is 0.898. The van der Waals surface area contributed by atoms with Gasteiger partial charge in [-0.1, -0.05) is 30.3 Å². The Morgan fingerprint density at radius 3 is 2.84 bits per heavy atom. The summed E-state index contributed by atoms with van der Waals surface area (Å²) in [5.41, 5.74) is 6.85. The van der Waals surface area contributed by atoms with Crippen molar-refractivity contribution >= 4 is 5.91 Å². The number of carbonyl (C=O) groups excluding carboxylic acids is 1. The maximum atomic E-state index is 12.6. The minimum Gasteiger partial charge on any atom is -0.364 e. The summed E-state index contributed by atoms with van der Waals surface area (Å²) in [5, 5.41) is 0. The van der Waals surface area contributed by atoms with E-state index in [1.807, 2.05) is 42.2 Å². The van der Waals surface area contributed by atoms with E-state index in [0.29, 0.717) is 13.2 Å². The summed E-state index contributed by atoms with van der Waals surface area (Å²) in [5.74, 6) is 0.0307. The topological polar surface area (TPSA) is 55.6 Å². The van der Waals surface area contributed by atoms with E-state index in [9.17, 15) is 4.79 Å². The third-order valence-electron chi connectivity index (χ3n) is 3.43. The van der Waals surface area contributed by atoms with Gasteiger partial charge in [-0.05, 0) is 25.3 Å². The lowest BCUT2D eigenvalue weighted by atomic mass is 10.0. The molecule has 1 heterocycles. The second-order valence-electron chi connectivity index (χ2n) is 4.93. The molecule has 0 bridgehead atoms. The molecule has 104 valence electrons. The Balaban J connectivity index is 2.12. The highest BCUT2D eigenvalue weighted by Gasteiger charge is 2.29. The van der Waals surface area contributed by atoms with Crippen LogP contribution >= 0.6 is 0 Å². The Labute approximate surface area is 114 Å². The lowest BCUT2D eigenvalue weighted by molar-refractivity contribution is -0.145. The van der Waals surface area contributed by atoms with Gasteiger partial charge in [0.05, 0.1) is 0 Å². The first-order chi connectivity index (χ1) is 9.22. The van der Waals surface area contributed by atoms with E-state index >= 15 is 0 Å². The standard InChI is InChI=1S/C15H22N2O2/c1-2-19-14(12-7-4-3-5-8-12)15(18)17-10-6-9-13(16)11-17/h3-5,7-8,13-14H,2,6,9-11,16H2,1H3. The van der Waals surface area contributed by atoms with Gasteiger partial charge in [0.1, 0.15) is 0 Å². The molecule has 2 N–H and O–H groups in total. The van der Waals surface area contributed by atoms with Crippen LogP contribution in [-0.4, -0.2) is 36.5 Å². The number of benzene rings is 1. The minimum atomic E-state index is -0.503. The summed E-state index contributed by atoms with van der Waals surface area (Å²) in [6, 6.07) is 9.75. The van der Waals surface area contributed by atoms with Crippen molar-refractivity contribution in [1.82, 2.24) is 4.90 Å². The monoisotopic (exact) mass is 262 g/mol. The summed E-state index contributed by atoms with van der Waals surface area (Å²) in [7, 11) is 0. The minimum absolute atomic E-state index is 0.0307. The molecule has 0 aromatic heterocycles. The van der Waals surface area contributed by atoms with Gasteiger partial charge < -0.3 is 15.4 Å². The number of nitrogens with zero attached hydrogens (tertiary/aromatic N) is 1. The van der Waals surface area contributed by atoms with Crippen molar-refractivity contribution < 1.29 is 9.53 Å². The molecule has 1 aliphatic heterocycles. The zero-order valence-electron chi connectivity index (χ0n) is 11.4. The molecular weight excluding hydrogens is 240 g/mol. The molecule has 1 aromatic carbocycles. The van der Waals surface area contributed by atoms with E-state index in [-0.39, 0.29) is 11.9 Å². The molecule has 1 fully saturated rings. The molecule has 0 saturated carbocycles. The third kappa shape index (κ3) is 3.55. The van der Waals surface area contributed by atoms with Crippen molar-refractivity contribution in [2.75, 3.05) is 19.7 Å². The molecule has 1 saturated heterocycles. The number of ether oxygens (including phenoxy) is 1. The molecule has 4 nitrogen and oxygen atoms in total. The summed E-state index contributed by atoms with van der Waals surface area (Å²) in [4.78, 5) is 14.4. The maximum Gasteiger partial charge on any atom is 0.256 e. The highest BCUT2D eigenvalue weighted by molar-refractivity contribution is 5.82. The van der Waals surface area contributed by atoms with Crippen LogP contribution in [0.5, 0.6) is 0 Å². The second-order valence-corrected chi connectivity index (χ2v) is 4.93. The van der Waals surface area contributed by atoms with Crippen molar-refractivity contribution in [2.24, 2.45) is 5.73 Å². The summed E-state index contributed by atoms with van der Waals surface area (Å²) >= 11 is 0. The Bertz CT molecular complexity index is 408. The molecular formula is C15H22N2O2. The van der Waals surface area contributed by atoms with E-state index in [1.165, 1.54) is 0 Å². The first kappa shape index (κ1) is 14.0. The molecule has 0 radical (unpaired) electrons. The second kappa shape index (κ2) is 6.68. The Morgan fingerprint density at radius 1 is 1.47 bits per heavy atom. The highest BCUT2D eigenvalue weighted by Crippen LogP contribution is 2.22. The van der Waals surface area contributed by atoms with Gasteiger partial charge in [-0.15, -0.1) is 0 Å². The fourth-order valence-electron chi connectivity index (χ4n) is 2.48. The largest absolute Gasteiger partial charge is 0.364 e. The average molecular weight is 262 g/mol. The average Bonchev–Trinajstić information content (AvgIpc) is 2.45. The lowest BCUT2D eigenvalue weighted by Crippen LogP contribution is -2.47. The van der Waals surface area contributed by atoms with Crippen molar-refractivity contribution in [2.45, 2.75) is 31.9 Å². The normalized spacial score (nSPS) is 21.2. The highest BCUT2D eigenvalue weighted by atomic mass is 16.5. The number of rotatable bonds is 4. The van der Waals surface area contributed by atoms with Gasteiger partial charge in [0, 0.05) is 25.7 Å². The Kier molecular flexibility index (Phi) is 4.93. The number of nitrogens with two attached hydrogens (primary N) is 1. The molecule has 2 atom stereocenters. The van der Waals surface area contributed by atoms with Gasteiger partial charge in [-0.3, -0.25) is 4.79 Å². The van der Waals surface area contributed by atoms with Gasteiger partial charge in [-0.25, -0.2) is 0 Å². The van der Waals surface area contributed by atoms with Gasteiger partial charge >= 0.3 is 0 Å². The van der Waals surface area contributed by atoms with E-state index in [2.05, 4.69) is 0 Å². The summed E-state index contributed by atoms with van der Waals surface area (Å²) < 4.78 is 5.65. The third-order valence-corrected chi connectivity index (χ3v) is 3.43. The first-order valence-electron chi connectivity index (χ1n) is 6.93. The van der Waals surface area contributed by atoms with E-state index in [1.54, 1.807) is 0 Å². The summed E-state index contributed by atoms with van der Waals surface area (Å²) in [6.45, 7) is 3.84. The first-order valence-corrected chi connectivity index (χ1v) is 6.93. The molecule has 4 heteroatoms. The Hall–Kier alpha value is -1.39. The van der Waals surface area contributed by atoms with E-state index < -0.39 is 6.10 Å². The van der Waals surface area contributed by atoms with Gasteiger partial charge in [0.25, 0.3) is 5.91 Å². The number of hydrogen-bond acceptors (Lipinski definition) is 3. The van der Waals surface area contributed by atoms with Crippen LogP contribution in [0, 0.1) is 0 Å². The fraction of sp³-hybridized carbons (Fsp3) is 0.533. The maximum absolute atomic E-state index is 12.6. The van der Waals surface area contributed by atoms with Crippen LogP contribution in [0.25, 0.3) is 0 Å². The van der Waals surface area contributed by atoms with Crippen LogP contribution in [0.4, 0.5) is 0 Å². The van der Waals surface area contributed by atoms with Crippen molar-refractivity contribution in [3.63, 3.8) is 0 Å². The number of carbonyl (C=O) groups is 1. The molecule has 2 unspecified atom stereocenters. The number of hydrogen-bond donors (Lipinski definition) is 1. The van der Waals surface area contributed by atoms with Crippen LogP contribution in [0.2, 0.25) is 0 Å². The van der Waals surface area contributed by atoms with E-state index in [0.717, 1.165) is 24.9 Å². The van der Waals surface area contributed by atoms with Crippen LogP contribution in [-0.2, 0) is 9.53 Å². The molecule has 2 rings (SSSR count). The van der Waals surface area contributed by atoms with Crippen LogP contribution in [0.1, 0.15) is 31.4 Å². The molecule has 1 aromatic rings. The Morgan fingerprint density at radius 2 is 2.21 bits per heavy atom. The van der Waals surface area contributed by atoms with Gasteiger partial charge in [-0.2, -0.15) is 0 Å². The van der Waals surface area contributed by atoms with Crippen LogP contribution in [0.15, 0.2) is 30.3 Å².